The number of amides is 1. The van der Waals surface area contributed by atoms with Crippen molar-refractivity contribution in [1.82, 2.24) is 4.98 Å². The molecular weight excluding hydrogens is 551 g/mol. The lowest BCUT2D eigenvalue weighted by Crippen LogP contribution is -2.07. The fraction of sp³-hybridized carbons (Fsp3) is 0.0370. The Morgan fingerprint density at radius 2 is 1.86 bits per heavy atom. The van der Waals surface area contributed by atoms with Gasteiger partial charge in [-0.1, -0.05) is 63.4 Å². The number of hydrogen-bond acceptors (Lipinski definition) is 4. The molecule has 0 bridgehead atoms. The van der Waals surface area contributed by atoms with Gasteiger partial charge in [-0.2, -0.15) is 0 Å². The van der Waals surface area contributed by atoms with E-state index < -0.39 is 0 Å². The fourth-order valence-corrected chi connectivity index (χ4v) is 4.93. The van der Waals surface area contributed by atoms with Crippen molar-refractivity contribution in [3.63, 3.8) is 0 Å². The predicted molar refractivity (Wildman–Crippen MR) is 145 cm³/mol. The third-order valence-corrected chi connectivity index (χ3v) is 6.60. The van der Waals surface area contributed by atoms with Crippen molar-refractivity contribution in [3.05, 3.63) is 92.9 Å². The van der Waals surface area contributed by atoms with Crippen molar-refractivity contribution in [2.45, 2.75) is 0 Å². The van der Waals surface area contributed by atoms with Crippen LogP contribution < -0.4 is 10.1 Å². The fourth-order valence-electron chi connectivity index (χ4n) is 3.85. The molecule has 0 unspecified atom stereocenters. The number of fused-ring (bicyclic) bond motifs is 2. The first-order valence-electron chi connectivity index (χ1n) is 10.5. The van der Waals surface area contributed by atoms with Crippen molar-refractivity contribution >= 4 is 78.7 Å². The Morgan fingerprint density at radius 3 is 2.69 bits per heavy atom. The maximum Gasteiger partial charge on any atom is 0.248 e. The lowest BCUT2D eigenvalue weighted by molar-refractivity contribution is -0.111. The summed E-state index contributed by atoms with van der Waals surface area (Å²) in [7, 11) is 1.50. The second-order valence-corrected chi connectivity index (χ2v) is 9.37. The van der Waals surface area contributed by atoms with E-state index in [1.165, 1.54) is 13.2 Å². The topological polar surface area (TPSA) is 64.4 Å². The molecule has 0 saturated heterocycles. The van der Waals surface area contributed by atoms with E-state index in [-0.39, 0.29) is 5.91 Å². The number of nitrogens with zero attached hydrogens (tertiary/aromatic N) is 1. The molecular formula is C27H17BrCl2N2O3. The highest BCUT2D eigenvalue weighted by Gasteiger charge is 2.13. The monoisotopic (exact) mass is 566 g/mol. The minimum Gasteiger partial charge on any atom is -0.495 e. The summed E-state index contributed by atoms with van der Waals surface area (Å²) in [6.45, 7) is 0. The van der Waals surface area contributed by atoms with Crippen molar-refractivity contribution in [3.8, 4) is 17.2 Å². The zero-order valence-electron chi connectivity index (χ0n) is 18.3. The summed E-state index contributed by atoms with van der Waals surface area (Å²) in [6, 6.07) is 20.6. The average Bonchev–Trinajstić information content (AvgIpc) is 3.26. The molecule has 0 aliphatic carbocycles. The number of oxazole rings is 1. The maximum absolute atomic E-state index is 12.5. The number of halogens is 3. The third-order valence-electron chi connectivity index (χ3n) is 5.41. The lowest BCUT2D eigenvalue weighted by atomic mass is 10.0. The Bertz CT molecular complexity index is 1630. The molecule has 4 aromatic carbocycles. The van der Waals surface area contributed by atoms with E-state index in [4.69, 9.17) is 32.4 Å². The van der Waals surface area contributed by atoms with Crippen LogP contribution in [0.25, 0.3) is 39.4 Å². The Hall–Kier alpha value is -3.32. The molecule has 0 atom stereocenters. The molecule has 1 amide bonds. The number of carbonyl (C=O) groups excluding carboxylic acids is 1. The number of anilines is 1. The Balaban J connectivity index is 1.40. The second kappa shape index (κ2) is 9.74. The van der Waals surface area contributed by atoms with Crippen LogP contribution in [0.5, 0.6) is 5.75 Å². The van der Waals surface area contributed by atoms with Crippen LogP contribution in [-0.4, -0.2) is 18.0 Å². The molecule has 5 aromatic rings. The van der Waals surface area contributed by atoms with Gasteiger partial charge in [0.05, 0.1) is 12.1 Å². The molecule has 0 radical (unpaired) electrons. The van der Waals surface area contributed by atoms with Gasteiger partial charge in [0, 0.05) is 32.4 Å². The molecule has 0 fully saturated rings. The molecule has 1 heterocycles. The van der Waals surface area contributed by atoms with Crippen LogP contribution in [0, 0.1) is 0 Å². The highest BCUT2D eigenvalue weighted by Crippen LogP contribution is 2.35. The third kappa shape index (κ3) is 4.78. The molecule has 0 saturated carbocycles. The van der Waals surface area contributed by atoms with Gasteiger partial charge in [0.15, 0.2) is 5.58 Å². The number of carbonyl (C=O) groups is 1. The zero-order valence-corrected chi connectivity index (χ0v) is 21.4. The zero-order chi connectivity index (χ0) is 24.5. The molecule has 35 heavy (non-hydrogen) atoms. The SMILES string of the molecule is COc1c(Cl)cc(Cl)cc1/C=C/C(=O)Nc1ccc2oc(-c3cccc4c(Br)cccc34)nc2c1. The summed E-state index contributed by atoms with van der Waals surface area (Å²) in [6.07, 6.45) is 2.98. The Morgan fingerprint density at radius 1 is 1.06 bits per heavy atom. The van der Waals surface area contributed by atoms with E-state index in [1.807, 2.05) is 36.4 Å². The van der Waals surface area contributed by atoms with E-state index in [9.17, 15) is 4.79 Å². The Labute approximate surface area is 219 Å². The molecule has 5 nitrogen and oxygen atoms in total. The molecule has 8 heteroatoms. The van der Waals surface area contributed by atoms with Crippen LogP contribution in [0.3, 0.4) is 0 Å². The highest BCUT2D eigenvalue weighted by atomic mass is 79.9. The molecule has 0 aliphatic rings. The molecule has 0 aliphatic heterocycles. The van der Waals surface area contributed by atoms with E-state index in [0.29, 0.717) is 44.0 Å². The molecule has 1 aromatic heterocycles. The molecule has 174 valence electrons. The summed E-state index contributed by atoms with van der Waals surface area (Å²) in [5.74, 6) is 0.624. The summed E-state index contributed by atoms with van der Waals surface area (Å²) in [4.78, 5) is 17.2. The van der Waals surface area contributed by atoms with E-state index in [0.717, 1.165) is 20.8 Å². The molecule has 1 N–H and O–H groups in total. The summed E-state index contributed by atoms with van der Waals surface area (Å²) in [5, 5.41) is 5.75. The van der Waals surface area contributed by atoms with Crippen molar-refractivity contribution in [2.75, 3.05) is 12.4 Å². The van der Waals surface area contributed by atoms with Gasteiger partial charge in [-0.3, -0.25) is 4.79 Å². The van der Waals surface area contributed by atoms with Gasteiger partial charge in [-0.15, -0.1) is 0 Å². The van der Waals surface area contributed by atoms with E-state index in [1.54, 1.807) is 36.4 Å². The first kappa shape index (κ1) is 23.4. The predicted octanol–water partition coefficient (Wildman–Crippen LogP) is 8.38. The van der Waals surface area contributed by atoms with Crippen LogP contribution in [0.2, 0.25) is 10.0 Å². The number of rotatable bonds is 5. The summed E-state index contributed by atoms with van der Waals surface area (Å²) >= 11 is 15.8. The Kier molecular flexibility index (Phi) is 6.52. The second-order valence-electron chi connectivity index (χ2n) is 7.67. The number of ether oxygens (including phenoxy) is 1. The van der Waals surface area contributed by atoms with E-state index >= 15 is 0 Å². The number of benzene rings is 4. The standard InChI is InChI=1S/C27H17BrCl2N2O3/c1-34-26-15(12-16(29)13-22(26)30)8-11-25(33)31-17-9-10-24-23(14-17)32-27(35-24)20-6-2-5-19-18(20)4-3-7-21(19)28/h2-14H,1H3,(H,31,33)/b11-8+. The van der Waals surface area contributed by atoms with Gasteiger partial charge in [0.25, 0.3) is 0 Å². The lowest BCUT2D eigenvalue weighted by Gasteiger charge is -2.08. The summed E-state index contributed by atoms with van der Waals surface area (Å²) < 4.78 is 12.3. The minimum absolute atomic E-state index is 0.329. The van der Waals surface area contributed by atoms with Crippen LogP contribution in [-0.2, 0) is 4.79 Å². The smallest absolute Gasteiger partial charge is 0.248 e. The van der Waals surface area contributed by atoms with Gasteiger partial charge in [0.1, 0.15) is 11.3 Å². The quantitative estimate of drug-likeness (QED) is 0.217. The van der Waals surface area contributed by atoms with E-state index in [2.05, 4.69) is 26.2 Å². The summed E-state index contributed by atoms with van der Waals surface area (Å²) in [5.41, 5.74) is 3.33. The molecule has 5 rings (SSSR count). The van der Waals surface area contributed by atoms with Gasteiger partial charge >= 0.3 is 0 Å². The van der Waals surface area contributed by atoms with Gasteiger partial charge < -0.3 is 14.5 Å². The van der Waals surface area contributed by atoms with Crippen molar-refractivity contribution in [1.29, 1.82) is 0 Å². The number of aromatic nitrogens is 1. The van der Waals surface area contributed by atoms with Gasteiger partial charge in [-0.25, -0.2) is 4.98 Å². The minimum atomic E-state index is -0.329. The first-order chi connectivity index (χ1) is 16.9. The van der Waals surface area contributed by atoms with Crippen LogP contribution in [0.15, 0.2) is 81.7 Å². The number of nitrogens with one attached hydrogen (secondary N) is 1. The van der Waals surface area contributed by atoms with Gasteiger partial charge in [-0.05, 0) is 59.3 Å². The maximum atomic E-state index is 12.5. The number of hydrogen-bond donors (Lipinski definition) is 1. The average molecular weight is 568 g/mol. The van der Waals surface area contributed by atoms with Crippen molar-refractivity contribution < 1.29 is 13.9 Å². The van der Waals surface area contributed by atoms with Crippen LogP contribution >= 0.6 is 39.1 Å². The van der Waals surface area contributed by atoms with Gasteiger partial charge in [0.2, 0.25) is 11.8 Å². The first-order valence-corrected chi connectivity index (χ1v) is 12.1. The van der Waals surface area contributed by atoms with Crippen LogP contribution in [0.4, 0.5) is 5.69 Å². The largest absolute Gasteiger partial charge is 0.495 e. The van der Waals surface area contributed by atoms with Crippen molar-refractivity contribution in [2.24, 2.45) is 0 Å². The normalized spacial score (nSPS) is 11.4. The molecule has 0 spiro atoms. The number of methoxy groups -OCH3 is 1. The van der Waals surface area contributed by atoms with Crippen LogP contribution in [0.1, 0.15) is 5.56 Å². The highest BCUT2D eigenvalue weighted by molar-refractivity contribution is 9.10.